The van der Waals surface area contributed by atoms with Gasteiger partial charge in [-0.25, -0.2) is 4.79 Å². The van der Waals surface area contributed by atoms with Gasteiger partial charge in [-0.2, -0.15) is 0 Å². The second kappa shape index (κ2) is 8.14. The van der Waals surface area contributed by atoms with Crippen LogP contribution in [0, 0.1) is 28.6 Å². The summed E-state index contributed by atoms with van der Waals surface area (Å²) in [5.41, 5.74) is 1.49. The highest BCUT2D eigenvalue weighted by atomic mass is 16.5. The number of hydrogen-bond donors (Lipinski definition) is 0. The Bertz CT molecular complexity index is 562. The van der Waals surface area contributed by atoms with Crippen LogP contribution in [0.25, 0.3) is 0 Å². The summed E-state index contributed by atoms with van der Waals surface area (Å²) >= 11 is 0. The molecule has 0 N–H and O–H groups in total. The monoisotopic (exact) mass is 364 g/mol. The molecular formula is C22H36O4. The first kappa shape index (κ1) is 21.0. The Labute approximate surface area is 158 Å². The van der Waals surface area contributed by atoms with E-state index in [1.54, 1.807) is 6.08 Å². The normalized spacial score (nSPS) is 33.9. The van der Waals surface area contributed by atoms with Crippen molar-refractivity contribution in [3.8, 4) is 0 Å². The first-order valence-corrected chi connectivity index (χ1v) is 9.98. The van der Waals surface area contributed by atoms with E-state index in [1.165, 1.54) is 33.5 Å². The Hall–Kier alpha value is -1.32. The Morgan fingerprint density at radius 3 is 2.38 bits per heavy atom. The summed E-state index contributed by atoms with van der Waals surface area (Å²) in [4.78, 5) is 24.0. The molecule has 4 nitrogen and oxygen atoms in total. The fourth-order valence-electron chi connectivity index (χ4n) is 6.02. The van der Waals surface area contributed by atoms with Crippen LogP contribution in [-0.4, -0.2) is 26.2 Å². The lowest BCUT2D eigenvalue weighted by atomic mass is 9.46. The van der Waals surface area contributed by atoms with Crippen molar-refractivity contribution in [2.75, 3.05) is 14.2 Å². The number of ether oxygens (including phenoxy) is 2. The minimum atomic E-state index is -0.307. The van der Waals surface area contributed by atoms with E-state index in [0.29, 0.717) is 17.3 Å². The average Bonchev–Trinajstić information content (AvgIpc) is 2.58. The van der Waals surface area contributed by atoms with E-state index in [4.69, 9.17) is 9.47 Å². The van der Waals surface area contributed by atoms with Crippen LogP contribution in [0.2, 0.25) is 0 Å². The highest BCUT2D eigenvalue weighted by Gasteiger charge is 2.55. The fourth-order valence-corrected chi connectivity index (χ4v) is 6.02. The molecule has 4 unspecified atom stereocenters. The molecule has 2 fully saturated rings. The summed E-state index contributed by atoms with van der Waals surface area (Å²) in [6.07, 6.45) is 9.00. The van der Waals surface area contributed by atoms with Crippen molar-refractivity contribution in [3.05, 3.63) is 11.6 Å². The summed E-state index contributed by atoms with van der Waals surface area (Å²) in [5, 5.41) is 0. The minimum Gasteiger partial charge on any atom is -0.469 e. The van der Waals surface area contributed by atoms with Gasteiger partial charge in [-0.3, -0.25) is 4.79 Å². The molecule has 0 bridgehead atoms. The van der Waals surface area contributed by atoms with Gasteiger partial charge in [-0.15, -0.1) is 0 Å². The smallest absolute Gasteiger partial charge is 0.330 e. The Morgan fingerprint density at radius 2 is 1.77 bits per heavy atom. The van der Waals surface area contributed by atoms with Crippen LogP contribution < -0.4 is 0 Å². The van der Waals surface area contributed by atoms with Crippen molar-refractivity contribution in [2.24, 2.45) is 28.6 Å². The number of methoxy groups -OCH3 is 2. The number of esters is 2. The molecule has 2 rings (SSSR count). The standard InChI is InChI=1S/C22H36O4/c1-15(14-19(23)25-5)8-10-17-16(20(24)26-6)9-11-18-21(2,3)12-7-13-22(17,18)4/h14,16-18H,7-13H2,1-6H3. The van der Waals surface area contributed by atoms with E-state index in [2.05, 4.69) is 20.8 Å². The van der Waals surface area contributed by atoms with Gasteiger partial charge >= 0.3 is 11.9 Å². The molecule has 0 radical (unpaired) electrons. The van der Waals surface area contributed by atoms with Crippen molar-refractivity contribution in [1.29, 1.82) is 0 Å². The zero-order chi connectivity index (χ0) is 19.5. The topological polar surface area (TPSA) is 52.6 Å². The van der Waals surface area contributed by atoms with E-state index in [1.807, 2.05) is 6.92 Å². The molecule has 148 valence electrons. The number of carbonyl (C=O) groups excluding carboxylic acids is 2. The summed E-state index contributed by atoms with van der Waals surface area (Å²) in [6, 6.07) is 0. The molecular weight excluding hydrogens is 328 g/mol. The molecule has 4 heteroatoms. The Kier molecular flexibility index (Phi) is 6.57. The average molecular weight is 365 g/mol. The lowest BCUT2D eigenvalue weighted by Gasteiger charge is -2.59. The third-order valence-electron chi connectivity index (χ3n) is 7.29. The zero-order valence-corrected chi connectivity index (χ0v) is 17.4. The predicted octanol–water partition coefficient (Wildman–Crippen LogP) is 4.92. The molecule has 0 heterocycles. The van der Waals surface area contributed by atoms with E-state index in [-0.39, 0.29) is 23.3 Å². The molecule has 0 saturated heterocycles. The Balaban J connectivity index is 2.26. The maximum Gasteiger partial charge on any atom is 0.330 e. The van der Waals surface area contributed by atoms with Crippen LogP contribution >= 0.6 is 0 Å². The Morgan fingerprint density at radius 1 is 1.08 bits per heavy atom. The molecule has 2 saturated carbocycles. The van der Waals surface area contributed by atoms with E-state index >= 15 is 0 Å². The number of fused-ring (bicyclic) bond motifs is 1. The number of carbonyl (C=O) groups is 2. The highest BCUT2D eigenvalue weighted by molar-refractivity contribution is 5.82. The molecule has 0 amide bonds. The molecule has 0 aromatic rings. The van der Waals surface area contributed by atoms with Crippen molar-refractivity contribution in [2.45, 2.75) is 72.6 Å². The van der Waals surface area contributed by atoms with Gasteiger partial charge in [-0.1, -0.05) is 32.8 Å². The molecule has 0 aromatic carbocycles. The maximum atomic E-state index is 12.5. The van der Waals surface area contributed by atoms with Gasteiger partial charge < -0.3 is 9.47 Å². The molecule has 26 heavy (non-hydrogen) atoms. The van der Waals surface area contributed by atoms with Crippen molar-refractivity contribution in [3.63, 3.8) is 0 Å². The lowest BCUT2D eigenvalue weighted by Crippen LogP contribution is -2.53. The summed E-state index contributed by atoms with van der Waals surface area (Å²) < 4.78 is 9.89. The molecule has 2 aliphatic carbocycles. The molecule has 0 aromatic heterocycles. The minimum absolute atomic E-state index is 0.0268. The molecule has 0 aliphatic heterocycles. The second-order valence-electron chi connectivity index (χ2n) is 9.27. The third kappa shape index (κ3) is 4.15. The van der Waals surface area contributed by atoms with Gasteiger partial charge in [0.2, 0.25) is 0 Å². The number of rotatable bonds is 5. The van der Waals surface area contributed by atoms with E-state index in [0.717, 1.165) is 31.3 Å². The molecule has 4 atom stereocenters. The first-order valence-electron chi connectivity index (χ1n) is 9.98. The van der Waals surface area contributed by atoms with Crippen LogP contribution in [0.1, 0.15) is 72.6 Å². The maximum absolute atomic E-state index is 12.5. The van der Waals surface area contributed by atoms with Crippen molar-refractivity contribution < 1.29 is 19.1 Å². The van der Waals surface area contributed by atoms with Crippen molar-refractivity contribution in [1.82, 2.24) is 0 Å². The number of hydrogen-bond acceptors (Lipinski definition) is 4. The van der Waals surface area contributed by atoms with Gasteiger partial charge in [0.15, 0.2) is 0 Å². The van der Waals surface area contributed by atoms with Crippen LogP contribution in [0.4, 0.5) is 0 Å². The molecule has 2 aliphatic rings. The summed E-state index contributed by atoms with van der Waals surface area (Å²) in [6.45, 7) is 9.16. The van der Waals surface area contributed by atoms with Gasteiger partial charge in [0.1, 0.15) is 0 Å². The van der Waals surface area contributed by atoms with Gasteiger partial charge in [-0.05, 0) is 68.1 Å². The van der Waals surface area contributed by atoms with Crippen LogP contribution in [0.5, 0.6) is 0 Å². The van der Waals surface area contributed by atoms with Crippen LogP contribution in [0.15, 0.2) is 11.6 Å². The molecule has 0 spiro atoms. The van der Waals surface area contributed by atoms with E-state index in [9.17, 15) is 9.59 Å². The van der Waals surface area contributed by atoms with Crippen molar-refractivity contribution >= 4 is 11.9 Å². The third-order valence-corrected chi connectivity index (χ3v) is 7.29. The highest BCUT2D eigenvalue weighted by Crippen LogP contribution is 2.62. The van der Waals surface area contributed by atoms with E-state index < -0.39 is 0 Å². The quantitative estimate of drug-likeness (QED) is 0.513. The van der Waals surface area contributed by atoms with Gasteiger partial charge in [0.25, 0.3) is 0 Å². The zero-order valence-electron chi connectivity index (χ0n) is 17.4. The van der Waals surface area contributed by atoms with Gasteiger partial charge in [0, 0.05) is 6.08 Å². The SMILES string of the molecule is COC(=O)C=C(C)CCC1C(C(=O)OC)CCC2C(C)(C)CCCC12C. The van der Waals surface area contributed by atoms with Crippen LogP contribution in [-0.2, 0) is 19.1 Å². The fraction of sp³-hybridized carbons (Fsp3) is 0.818. The van der Waals surface area contributed by atoms with Crippen LogP contribution in [0.3, 0.4) is 0 Å². The number of allylic oxidation sites excluding steroid dienone is 1. The summed E-state index contributed by atoms with van der Waals surface area (Å²) in [5.74, 6) is 0.543. The second-order valence-corrected chi connectivity index (χ2v) is 9.27. The lowest BCUT2D eigenvalue weighted by molar-refractivity contribution is -0.161. The van der Waals surface area contributed by atoms with Gasteiger partial charge in [0.05, 0.1) is 20.1 Å². The predicted molar refractivity (Wildman–Crippen MR) is 102 cm³/mol. The summed E-state index contributed by atoms with van der Waals surface area (Å²) in [7, 11) is 2.90. The largest absolute Gasteiger partial charge is 0.469 e. The first-order chi connectivity index (χ1) is 12.2.